The molecule has 0 fully saturated rings. The number of methoxy groups -OCH3 is 1. The highest BCUT2D eigenvalue weighted by Crippen LogP contribution is 2.23. The first-order chi connectivity index (χ1) is 9.67. The molecule has 0 amide bonds. The Labute approximate surface area is 124 Å². The van der Waals surface area contributed by atoms with Crippen molar-refractivity contribution in [1.29, 1.82) is 0 Å². The van der Waals surface area contributed by atoms with Crippen molar-refractivity contribution < 1.29 is 4.74 Å². The lowest BCUT2D eigenvalue weighted by Crippen LogP contribution is -2.24. The second-order valence-corrected chi connectivity index (χ2v) is 6.01. The number of rotatable bonds is 10. The van der Waals surface area contributed by atoms with Gasteiger partial charge in [0, 0.05) is 0 Å². The van der Waals surface area contributed by atoms with Crippen LogP contribution in [-0.4, -0.2) is 20.2 Å². The predicted molar refractivity (Wildman–Crippen MR) is 87.4 cm³/mol. The van der Waals surface area contributed by atoms with Gasteiger partial charge in [0.05, 0.1) is 7.11 Å². The van der Waals surface area contributed by atoms with Crippen LogP contribution in [0.25, 0.3) is 0 Å². The van der Waals surface area contributed by atoms with E-state index in [1.165, 1.54) is 24.8 Å². The van der Waals surface area contributed by atoms with E-state index in [-0.39, 0.29) is 0 Å². The summed E-state index contributed by atoms with van der Waals surface area (Å²) in [6.07, 6.45) is 5.05. The lowest BCUT2D eigenvalue weighted by molar-refractivity contribution is 0.386. The molecule has 0 saturated heterocycles. The van der Waals surface area contributed by atoms with Crippen LogP contribution in [0.3, 0.4) is 0 Å². The van der Waals surface area contributed by atoms with Crippen LogP contribution in [0.5, 0.6) is 5.75 Å². The Hall–Kier alpha value is -1.02. The van der Waals surface area contributed by atoms with Gasteiger partial charge in [0.25, 0.3) is 0 Å². The van der Waals surface area contributed by atoms with Crippen molar-refractivity contribution in [3.63, 3.8) is 0 Å². The van der Waals surface area contributed by atoms with Crippen LogP contribution in [-0.2, 0) is 6.42 Å². The van der Waals surface area contributed by atoms with E-state index in [1.807, 2.05) is 6.07 Å². The zero-order valence-electron chi connectivity index (χ0n) is 13.6. The standard InChI is InChI=1S/C18H31NO/c1-5-19-14-16(10-8-9-15(2)3)13-17-11-6-7-12-18(17)20-4/h6-7,11-12,15-16,19H,5,8-10,13-14H2,1-4H3. The summed E-state index contributed by atoms with van der Waals surface area (Å²) in [7, 11) is 1.76. The van der Waals surface area contributed by atoms with Gasteiger partial charge in [-0.05, 0) is 49.4 Å². The Morgan fingerprint density at radius 3 is 2.55 bits per heavy atom. The van der Waals surface area contributed by atoms with Crippen LogP contribution in [0, 0.1) is 11.8 Å². The van der Waals surface area contributed by atoms with Gasteiger partial charge in [-0.3, -0.25) is 0 Å². The van der Waals surface area contributed by atoms with Crippen molar-refractivity contribution in [2.45, 2.75) is 46.5 Å². The van der Waals surface area contributed by atoms with Gasteiger partial charge < -0.3 is 10.1 Å². The van der Waals surface area contributed by atoms with E-state index in [0.717, 1.165) is 31.2 Å². The smallest absolute Gasteiger partial charge is 0.122 e. The maximum absolute atomic E-state index is 5.47. The van der Waals surface area contributed by atoms with Gasteiger partial charge in [-0.25, -0.2) is 0 Å². The maximum atomic E-state index is 5.47. The predicted octanol–water partition coefficient (Wildman–Crippen LogP) is 4.29. The number of ether oxygens (including phenoxy) is 1. The molecule has 1 rings (SSSR count). The summed E-state index contributed by atoms with van der Waals surface area (Å²) < 4.78 is 5.47. The monoisotopic (exact) mass is 277 g/mol. The van der Waals surface area contributed by atoms with Crippen molar-refractivity contribution in [3.8, 4) is 5.75 Å². The second kappa shape index (κ2) is 9.82. The van der Waals surface area contributed by atoms with Crippen molar-refractivity contribution in [2.75, 3.05) is 20.2 Å². The van der Waals surface area contributed by atoms with Gasteiger partial charge >= 0.3 is 0 Å². The summed E-state index contributed by atoms with van der Waals surface area (Å²) in [5.74, 6) is 2.53. The van der Waals surface area contributed by atoms with Crippen LogP contribution >= 0.6 is 0 Å². The average Bonchev–Trinajstić information content (AvgIpc) is 2.44. The van der Waals surface area contributed by atoms with Gasteiger partial charge in [0.2, 0.25) is 0 Å². The quantitative estimate of drug-likeness (QED) is 0.689. The maximum Gasteiger partial charge on any atom is 0.122 e. The number of para-hydroxylation sites is 1. The molecule has 114 valence electrons. The fourth-order valence-corrected chi connectivity index (χ4v) is 2.62. The zero-order chi connectivity index (χ0) is 14.8. The molecule has 2 nitrogen and oxygen atoms in total. The molecule has 1 atom stereocenters. The fourth-order valence-electron chi connectivity index (χ4n) is 2.62. The summed E-state index contributed by atoms with van der Waals surface area (Å²) >= 11 is 0. The summed E-state index contributed by atoms with van der Waals surface area (Å²) in [4.78, 5) is 0. The average molecular weight is 277 g/mol. The Balaban J connectivity index is 2.58. The minimum absolute atomic E-state index is 0.699. The molecule has 0 aromatic heterocycles. The third-order valence-electron chi connectivity index (χ3n) is 3.78. The normalized spacial score (nSPS) is 12.7. The Morgan fingerprint density at radius 2 is 1.90 bits per heavy atom. The molecule has 1 aromatic rings. The molecule has 0 bridgehead atoms. The lowest BCUT2D eigenvalue weighted by atomic mass is 9.92. The van der Waals surface area contributed by atoms with Gasteiger partial charge in [-0.15, -0.1) is 0 Å². The van der Waals surface area contributed by atoms with E-state index in [4.69, 9.17) is 4.74 Å². The molecule has 0 saturated carbocycles. The summed E-state index contributed by atoms with van der Waals surface area (Å²) in [5.41, 5.74) is 1.34. The number of hydrogen-bond donors (Lipinski definition) is 1. The number of benzene rings is 1. The molecule has 0 aliphatic rings. The summed E-state index contributed by atoms with van der Waals surface area (Å²) in [6, 6.07) is 8.41. The molecule has 0 spiro atoms. The Morgan fingerprint density at radius 1 is 1.15 bits per heavy atom. The van der Waals surface area contributed by atoms with Crippen molar-refractivity contribution in [2.24, 2.45) is 11.8 Å². The molecule has 0 heterocycles. The third kappa shape index (κ3) is 6.42. The number of hydrogen-bond acceptors (Lipinski definition) is 2. The van der Waals surface area contributed by atoms with E-state index >= 15 is 0 Å². The second-order valence-electron chi connectivity index (χ2n) is 6.01. The highest BCUT2D eigenvalue weighted by molar-refractivity contribution is 5.33. The van der Waals surface area contributed by atoms with Gasteiger partial charge in [-0.2, -0.15) is 0 Å². The molecule has 0 aliphatic carbocycles. The van der Waals surface area contributed by atoms with Crippen LogP contribution < -0.4 is 10.1 Å². The van der Waals surface area contributed by atoms with Crippen LogP contribution in [0.1, 0.15) is 45.6 Å². The van der Waals surface area contributed by atoms with Gasteiger partial charge in [0.15, 0.2) is 0 Å². The van der Waals surface area contributed by atoms with E-state index in [0.29, 0.717) is 5.92 Å². The van der Waals surface area contributed by atoms with Crippen LogP contribution in [0.15, 0.2) is 24.3 Å². The van der Waals surface area contributed by atoms with Gasteiger partial charge in [-0.1, -0.05) is 51.8 Å². The highest BCUT2D eigenvalue weighted by Gasteiger charge is 2.12. The number of nitrogens with one attached hydrogen (secondary N) is 1. The molecule has 20 heavy (non-hydrogen) atoms. The topological polar surface area (TPSA) is 21.3 Å². The summed E-state index contributed by atoms with van der Waals surface area (Å²) in [5, 5.41) is 3.50. The molecular weight excluding hydrogens is 246 g/mol. The largest absolute Gasteiger partial charge is 0.496 e. The Kier molecular flexibility index (Phi) is 8.36. The zero-order valence-corrected chi connectivity index (χ0v) is 13.6. The van der Waals surface area contributed by atoms with Crippen LogP contribution in [0.4, 0.5) is 0 Å². The molecule has 0 radical (unpaired) electrons. The fraction of sp³-hybridized carbons (Fsp3) is 0.667. The molecule has 1 aromatic carbocycles. The third-order valence-corrected chi connectivity index (χ3v) is 3.78. The molecule has 1 unspecified atom stereocenters. The van der Waals surface area contributed by atoms with Crippen molar-refractivity contribution >= 4 is 0 Å². The molecular formula is C18H31NO. The van der Waals surface area contributed by atoms with Crippen LogP contribution in [0.2, 0.25) is 0 Å². The van der Waals surface area contributed by atoms with Crippen molar-refractivity contribution in [3.05, 3.63) is 29.8 Å². The van der Waals surface area contributed by atoms with E-state index in [9.17, 15) is 0 Å². The molecule has 2 heteroatoms. The van der Waals surface area contributed by atoms with E-state index in [2.05, 4.69) is 44.3 Å². The SMILES string of the molecule is CCNCC(CCCC(C)C)Cc1ccccc1OC. The highest BCUT2D eigenvalue weighted by atomic mass is 16.5. The summed E-state index contributed by atoms with van der Waals surface area (Å²) in [6.45, 7) is 8.94. The Bertz CT molecular complexity index is 362. The molecule has 0 aliphatic heterocycles. The minimum atomic E-state index is 0.699. The first kappa shape index (κ1) is 17.0. The van der Waals surface area contributed by atoms with E-state index in [1.54, 1.807) is 7.11 Å². The minimum Gasteiger partial charge on any atom is -0.496 e. The lowest BCUT2D eigenvalue weighted by Gasteiger charge is -2.19. The first-order valence-electron chi connectivity index (χ1n) is 8.00. The van der Waals surface area contributed by atoms with E-state index < -0.39 is 0 Å². The van der Waals surface area contributed by atoms with Gasteiger partial charge in [0.1, 0.15) is 5.75 Å². The first-order valence-corrected chi connectivity index (χ1v) is 8.00. The van der Waals surface area contributed by atoms with Crippen molar-refractivity contribution in [1.82, 2.24) is 5.32 Å². The molecule has 1 N–H and O–H groups in total.